The maximum absolute atomic E-state index is 12.7. The summed E-state index contributed by atoms with van der Waals surface area (Å²) in [4.78, 5) is 15.1. The molecule has 3 aromatic rings. The third-order valence-electron chi connectivity index (χ3n) is 6.50. The van der Waals surface area contributed by atoms with E-state index in [0.29, 0.717) is 17.8 Å². The van der Waals surface area contributed by atoms with Crippen LogP contribution in [0.1, 0.15) is 46.3 Å². The molecule has 0 unspecified atom stereocenters. The van der Waals surface area contributed by atoms with Crippen LogP contribution in [-0.4, -0.2) is 33.7 Å². The van der Waals surface area contributed by atoms with Crippen LogP contribution in [0.5, 0.6) is 0 Å². The van der Waals surface area contributed by atoms with Gasteiger partial charge in [-0.1, -0.05) is 36.4 Å². The van der Waals surface area contributed by atoms with Gasteiger partial charge in [0.15, 0.2) is 0 Å². The van der Waals surface area contributed by atoms with Crippen molar-refractivity contribution in [2.75, 3.05) is 28.6 Å². The van der Waals surface area contributed by atoms with Gasteiger partial charge in [-0.05, 0) is 79.3 Å². The van der Waals surface area contributed by atoms with Gasteiger partial charge in [-0.25, -0.2) is 8.42 Å². The second-order valence-electron chi connectivity index (χ2n) is 9.14. The maximum Gasteiger partial charge on any atom is 0.251 e. The standard InChI is InChI=1S/C28H33N3O3S/c1-22-8-4-5-9-25(22)21-31(35(2,33)34)27-16-12-24(13-17-27)28(32)29-20-23-10-14-26(15-11-23)30-18-6-3-7-19-30/h4-5,8-17H,3,6-7,18-21H2,1-2H3,(H,29,32). The van der Waals surface area contributed by atoms with Crippen molar-refractivity contribution < 1.29 is 13.2 Å². The molecular formula is C28H33N3O3S. The number of sulfonamides is 1. The Morgan fingerprint density at radius 1 is 0.914 bits per heavy atom. The number of carbonyl (C=O) groups is 1. The maximum atomic E-state index is 12.7. The lowest BCUT2D eigenvalue weighted by Gasteiger charge is -2.28. The predicted molar refractivity (Wildman–Crippen MR) is 142 cm³/mol. The summed E-state index contributed by atoms with van der Waals surface area (Å²) in [6, 6.07) is 22.8. The Kier molecular flexibility index (Phi) is 7.76. The number of anilines is 2. The van der Waals surface area contributed by atoms with Crippen molar-refractivity contribution in [1.29, 1.82) is 0 Å². The lowest BCUT2D eigenvalue weighted by atomic mass is 10.1. The Balaban J connectivity index is 1.39. The smallest absolute Gasteiger partial charge is 0.251 e. The number of benzene rings is 3. The first-order chi connectivity index (χ1) is 16.8. The summed E-state index contributed by atoms with van der Waals surface area (Å²) in [6.07, 6.45) is 4.98. The SMILES string of the molecule is Cc1ccccc1CN(c1ccc(C(=O)NCc2ccc(N3CCCCC3)cc2)cc1)S(C)(=O)=O. The summed E-state index contributed by atoms with van der Waals surface area (Å²) in [7, 11) is -3.49. The van der Waals surface area contributed by atoms with E-state index in [1.54, 1.807) is 24.3 Å². The van der Waals surface area contributed by atoms with Crippen molar-refractivity contribution in [3.8, 4) is 0 Å². The monoisotopic (exact) mass is 491 g/mol. The van der Waals surface area contributed by atoms with Gasteiger partial charge in [0.1, 0.15) is 0 Å². The average molecular weight is 492 g/mol. The number of hydrogen-bond acceptors (Lipinski definition) is 4. The molecule has 0 atom stereocenters. The molecule has 3 aromatic carbocycles. The molecule has 1 N–H and O–H groups in total. The van der Waals surface area contributed by atoms with Crippen LogP contribution in [0.25, 0.3) is 0 Å². The van der Waals surface area contributed by atoms with Crippen molar-refractivity contribution in [2.24, 2.45) is 0 Å². The van der Waals surface area contributed by atoms with Gasteiger partial charge in [-0.3, -0.25) is 9.10 Å². The number of piperidine rings is 1. The van der Waals surface area contributed by atoms with Crippen LogP contribution in [0, 0.1) is 6.92 Å². The van der Waals surface area contributed by atoms with Crippen LogP contribution in [0.2, 0.25) is 0 Å². The molecule has 0 aliphatic carbocycles. The third-order valence-corrected chi connectivity index (χ3v) is 7.64. The van der Waals surface area contributed by atoms with E-state index in [-0.39, 0.29) is 12.5 Å². The van der Waals surface area contributed by atoms with Crippen LogP contribution >= 0.6 is 0 Å². The van der Waals surface area contributed by atoms with Crippen molar-refractivity contribution in [3.05, 3.63) is 95.1 Å². The zero-order chi connectivity index (χ0) is 24.8. The number of aryl methyl sites for hydroxylation is 1. The Morgan fingerprint density at radius 3 is 2.20 bits per heavy atom. The molecule has 7 heteroatoms. The minimum Gasteiger partial charge on any atom is -0.372 e. The van der Waals surface area contributed by atoms with Crippen molar-refractivity contribution >= 4 is 27.3 Å². The average Bonchev–Trinajstić information content (AvgIpc) is 2.87. The first-order valence-electron chi connectivity index (χ1n) is 12.1. The van der Waals surface area contributed by atoms with Crippen LogP contribution < -0.4 is 14.5 Å². The topological polar surface area (TPSA) is 69.7 Å². The van der Waals surface area contributed by atoms with Gasteiger partial charge in [-0.15, -0.1) is 0 Å². The molecule has 35 heavy (non-hydrogen) atoms. The number of hydrogen-bond donors (Lipinski definition) is 1. The highest BCUT2D eigenvalue weighted by atomic mass is 32.2. The van der Waals surface area contributed by atoms with Crippen LogP contribution in [0.3, 0.4) is 0 Å². The van der Waals surface area contributed by atoms with Gasteiger partial charge in [-0.2, -0.15) is 0 Å². The van der Waals surface area contributed by atoms with Crippen LogP contribution in [0.4, 0.5) is 11.4 Å². The highest BCUT2D eigenvalue weighted by molar-refractivity contribution is 7.92. The zero-order valence-corrected chi connectivity index (χ0v) is 21.2. The molecule has 0 spiro atoms. The molecule has 1 aliphatic rings. The minimum atomic E-state index is -3.49. The molecule has 1 heterocycles. The Bertz CT molecular complexity index is 1250. The number of rotatable bonds is 8. The van der Waals surface area contributed by atoms with Gasteiger partial charge >= 0.3 is 0 Å². The van der Waals surface area contributed by atoms with Gasteiger partial charge in [0.2, 0.25) is 10.0 Å². The first kappa shape index (κ1) is 24.8. The van der Waals surface area contributed by atoms with E-state index in [1.165, 1.54) is 35.5 Å². The Hall–Kier alpha value is -3.32. The Labute approximate surface area is 208 Å². The summed E-state index contributed by atoms with van der Waals surface area (Å²) in [6.45, 7) is 4.85. The summed E-state index contributed by atoms with van der Waals surface area (Å²) < 4.78 is 26.4. The fourth-order valence-electron chi connectivity index (χ4n) is 4.38. The van der Waals surface area contributed by atoms with Gasteiger partial charge in [0, 0.05) is 30.9 Å². The van der Waals surface area contributed by atoms with E-state index in [9.17, 15) is 13.2 Å². The molecule has 4 rings (SSSR count). The molecule has 0 radical (unpaired) electrons. The predicted octanol–water partition coefficient (Wildman–Crippen LogP) is 4.88. The van der Waals surface area contributed by atoms with Crippen molar-refractivity contribution in [3.63, 3.8) is 0 Å². The summed E-state index contributed by atoms with van der Waals surface area (Å²) >= 11 is 0. The van der Waals surface area contributed by atoms with E-state index in [1.807, 2.05) is 31.2 Å². The highest BCUT2D eigenvalue weighted by Crippen LogP contribution is 2.23. The molecule has 1 saturated heterocycles. The van der Waals surface area contributed by atoms with Crippen LogP contribution in [0.15, 0.2) is 72.8 Å². The molecule has 184 valence electrons. The molecule has 0 saturated carbocycles. The molecule has 1 aliphatic heterocycles. The fourth-order valence-corrected chi connectivity index (χ4v) is 5.26. The third kappa shape index (κ3) is 6.42. The highest BCUT2D eigenvalue weighted by Gasteiger charge is 2.19. The van der Waals surface area contributed by atoms with E-state index in [4.69, 9.17) is 0 Å². The normalized spacial score (nSPS) is 13.9. The van der Waals surface area contributed by atoms with E-state index < -0.39 is 10.0 Å². The van der Waals surface area contributed by atoms with E-state index in [2.05, 4.69) is 34.5 Å². The second-order valence-corrected chi connectivity index (χ2v) is 11.0. The first-order valence-corrected chi connectivity index (χ1v) is 13.9. The van der Waals surface area contributed by atoms with Gasteiger partial charge < -0.3 is 10.2 Å². The fraction of sp³-hybridized carbons (Fsp3) is 0.321. The Morgan fingerprint density at radius 2 is 1.57 bits per heavy atom. The van der Waals surface area contributed by atoms with E-state index >= 15 is 0 Å². The van der Waals surface area contributed by atoms with Crippen molar-refractivity contribution in [2.45, 2.75) is 39.3 Å². The number of nitrogens with zero attached hydrogens (tertiary/aromatic N) is 2. The molecule has 0 bridgehead atoms. The van der Waals surface area contributed by atoms with E-state index in [0.717, 1.165) is 29.8 Å². The summed E-state index contributed by atoms with van der Waals surface area (Å²) in [5, 5.41) is 2.96. The molecule has 6 nitrogen and oxygen atoms in total. The van der Waals surface area contributed by atoms with Gasteiger partial charge in [0.25, 0.3) is 5.91 Å². The summed E-state index contributed by atoms with van der Waals surface area (Å²) in [5.74, 6) is -0.193. The van der Waals surface area contributed by atoms with Crippen LogP contribution in [-0.2, 0) is 23.1 Å². The molecular weight excluding hydrogens is 458 g/mol. The molecule has 0 aromatic heterocycles. The number of amides is 1. The molecule has 1 amide bonds. The lowest BCUT2D eigenvalue weighted by molar-refractivity contribution is 0.0951. The lowest BCUT2D eigenvalue weighted by Crippen LogP contribution is -2.30. The summed E-state index contributed by atoms with van der Waals surface area (Å²) in [5.41, 5.74) is 5.25. The minimum absolute atomic E-state index is 0.193. The van der Waals surface area contributed by atoms with Gasteiger partial charge in [0.05, 0.1) is 18.5 Å². The zero-order valence-electron chi connectivity index (χ0n) is 20.4. The van der Waals surface area contributed by atoms with Crippen molar-refractivity contribution in [1.82, 2.24) is 5.32 Å². The molecule has 1 fully saturated rings. The number of carbonyl (C=O) groups excluding carboxylic acids is 1. The largest absolute Gasteiger partial charge is 0.372 e. The number of nitrogens with one attached hydrogen (secondary N) is 1. The quantitative estimate of drug-likeness (QED) is 0.488. The second kappa shape index (κ2) is 11.0.